The van der Waals surface area contributed by atoms with E-state index in [1.54, 1.807) is 0 Å². The van der Waals surface area contributed by atoms with E-state index in [1.807, 2.05) is 24.3 Å². The van der Waals surface area contributed by atoms with Crippen molar-refractivity contribution >= 4 is 11.6 Å². The number of carbonyl (C=O) groups excluding carboxylic acids is 1. The van der Waals surface area contributed by atoms with Crippen LogP contribution in [0.4, 0.5) is 5.69 Å². The second-order valence-electron chi connectivity index (χ2n) is 4.56. The summed E-state index contributed by atoms with van der Waals surface area (Å²) in [6.07, 6.45) is 3.27. The highest BCUT2D eigenvalue weighted by Gasteiger charge is 2.44. The van der Waals surface area contributed by atoms with Gasteiger partial charge >= 0.3 is 0 Å². The van der Waals surface area contributed by atoms with Gasteiger partial charge in [-0.15, -0.1) is 0 Å². The highest BCUT2D eigenvalue weighted by molar-refractivity contribution is 5.97. The number of benzene rings is 1. The average Bonchev–Trinajstić information content (AvgIpc) is 2.28. The second-order valence-corrected chi connectivity index (χ2v) is 4.56. The molecule has 1 saturated carbocycles. The monoisotopic (exact) mass is 228 g/mol. The van der Waals surface area contributed by atoms with Gasteiger partial charge in [-0.25, -0.2) is 0 Å². The third-order valence-electron chi connectivity index (χ3n) is 3.45. The Kier molecular flexibility index (Phi) is 3.14. The fraction of sp³-hybridized carbons (Fsp3) is 0.429. The van der Waals surface area contributed by atoms with Crippen molar-refractivity contribution in [3.63, 3.8) is 0 Å². The van der Waals surface area contributed by atoms with Gasteiger partial charge in [0.05, 0.1) is 6.07 Å². The summed E-state index contributed by atoms with van der Waals surface area (Å²) in [5.74, 6) is -0.153. The molecule has 1 fully saturated rings. The lowest BCUT2D eigenvalue weighted by Gasteiger charge is -2.33. The summed E-state index contributed by atoms with van der Waals surface area (Å²) in [6, 6.07) is 9.93. The maximum Gasteiger partial charge on any atom is 0.244 e. The first-order valence-electron chi connectivity index (χ1n) is 6.02. The third-order valence-corrected chi connectivity index (χ3v) is 3.45. The minimum Gasteiger partial charge on any atom is -0.325 e. The van der Waals surface area contributed by atoms with Crippen molar-refractivity contribution in [3.05, 3.63) is 29.8 Å². The zero-order chi connectivity index (χ0) is 12.3. The van der Waals surface area contributed by atoms with E-state index in [4.69, 9.17) is 5.26 Å². The van der Waals surface area contributed by atoms with Crippen LogP contribution in [-0.4, -0.2) is 5.91 Å². The first-order valence-corrected chi connectivity index (χ1v) is 6.02. The van der Waals surface area contributed by atoms with E-state index in [-0.39, 0.29) is 5.91 Å². The van der Waals surface area contributed by atoms with Crippen molar-refractivity contribution in [1.29, 1.82) is 5.26 Å². The van der Waals surface area contributed by atoms with Crippen molar-refractivity contribution in [1.82, 2.24) is 0 Å². The normalized spacial score (nSPS) is 16.7. The smallest absolute Gasteiger partial charge is 0.244 e. The summed E-state index contributed by atoms with van der Waals surface area (Å²) in [4.78, 5) is 12.0. The van der Waals surface area contributed by atoms with Crippen LogP contribution in [0.3, 0.4) is 0 Å². The fourth-order valence-electron chi connectivity index (χ4n) is 2.04. The second kappa shape index (κ2) is 4.58. The molecule has 0 aromatic heterocycles. The first-order chi connectivity index (χ1) is 8.20. The van der Waals surface area contributed by atoms with Crippen LogP contribution in [0.15, 0.2) is 24.3 Å². The molecular formula is C14H16N2O. The standard InChI is InChI=1S/C14H16N2O/c1-2-11-5-3-6-12(9-11)16-13(17)14(10-15)7-4-8-14/h3,5-6,9H,2,4,7-8H2,1H3,(H,16,17). The zero-order valence-electron chi connectivity index (χ0n) is 9.99. The number of amides is 1. The molecule has 0 bridgehead atoms. The predicted octanol–water partition coefficient (Wildman–Crippen LogP) is 2.88. The van der Waals surface area contributed by atoms with Crippen LogP contribution in [0, 0.1) is 16.7 Å². The van der Waals surface area contributed by atoms with E-state index < -0.39 is 5.41 Å². The fourth-order valence-corrected chi connectivity index (χ4v) is 2.04. The number of nitrogens with one attached hydrogen (secondary N) is 1. The number of hydrogen-bond donors (Lipinski definition) is 1. The molecule has 0 spiro atoms. The first kappa shape index (κ1) is 11.7. The van der Waals surface area contributed by atoms with Crippen molar-refractivity contribution in [3.8, 4) is 6.07 Å². The molecule has 1 aromatic rings. The van der Waals surface area contributed by atoms with Gasteiger partial charge < -0.3 is 5.32 Å². The quantitative estimate of drug-likeness (QED) is 0.864. The van der Waals surface area contributed by atoms with Gasteiger partial charge in [-0.05, 0) is 43.4 Å². The molecule has 1 aromatic carbocycles. The van der Waals surface area contributed by atoms with E-state index >= 15 is 0 Å². The number of carbonyl (C=O) groups is 1. The van der Waals surface area contributed by atoms with Crippen LogP contribution in [0.25, 0.3) is 0 Å². The molecule has 0 aliphatic heterocycles. The summed E-state index contributed by atoms with van der Waals surface area (Å²) in [7, 11) is 0. The Morgan fingerprint density at radius 1 is 1.53 bits per heavy atom. The largest absolute Gasteiger partial charge is 0.325 e. The van der Waals surface area contributed by atoms with Crippen LogP contribution in [0.2, 0.25) is 0 Å². The number of rotatable bonds is 3. The molecule has 3 heteroatoms. The van der Waals surface area contributed by atoms with Gasteiger partial charge in [-0.2, -0.15) is 5.26 Å². The summed E-state index contributed by atoms with van der Waals surface area (Å²) < 4.78 is 0. The van der Waals surface area contributed by atoms with Crippen molar-refractivity contribution in [2.75, 3.05) is 5.32 Å². The lowest BCUT2D eigenvalue weighted by Crippen LogP contribution is -2.40. The molecule has 1 amide bonds. The Bertz CT molecular complexity index is 469. The van der Waals surface area contributed by atoms with E-state index in [0.29, 0.717) is 12.8 Å². The SMILES string of the molecule is CCc1cccc(NC(=O)C2(C#N)CCC2)c1. The number of hydrogen-bond acceptors (Lipinski definition) is 2. The Morgan fingerprint density at radius 3 is 2.82 bits per heavy atom. The molecule has 17 heavy (non-hydrogen) atoms. The predicted molar refractivity (Wildman–Crippen MR) is 66.3 cm³/mol. The maximum absolute atomic E-state index is 12.0. The Balaban J connectivity index is 2.10. The number of nitriles is 1. The van der Waals surface area contributed by atoms with Crippen molar-refractivity contribution in [2.45, 2.75) is 32.6 Å². The van der Waals surface area contributed by atoms with Gasteiger partial charge in [0.25, 0.3) is 0 Å². The minimum atomic E-state index is -0.776. The van der Waals surface area contributed by atoms with Crippen LogP contribution in [-0.2, 0) is 11.2 Å². The van der Waals surface area contributed by atoms with Crippen LogP contribution < -0.4 is 5.32 Å². The molecule has 2 rings (SSSR count). The zero-order valence-corrected chi connectivity index (χ0v) is 9.99. The molecule has 0 unspecified atom stereocenters. The minimum absolute atomic E-state index is 0.153. The summed E-state index contributed by atoms with van der Waals surface area (Å²) in [5, 5.41) is 11.9. The van der Waals surface area contributed by atoms with Crippen LogP contribution >= 0.6 is 0 Å². The summed E-state index contributed by atoms with van der Waals surface area (Å²) >= 11 is 0. The third kappa shape index (κ3) is 2.16. The number of aryl methyl sites for hydroxylation is 1. The van der Waals surface area contributed by atoms with Crippen molar-refractivity contribution in [2.24, 2.45) is 5.41 Å². The lowest BCUT2D eigenvalue weighted by atomic mass is 9.69. The average molecular weight is 228 g/mol. The molecule has 1 N–H and O–H groups in total. The van der Waals surface area contributed by atoms with Crippen molar-refractivity contribution < 1.29 is 4.79 Å². The van der Waals surface area contributed by atoms with Crippen LogP contribution in [0.1, 0.15) is 31.7 Å². The molecule has 0 saturated heterocycles. The molecular weight excluding hydrogens is 212 g/mol. The Morgan fingerprint density at radius 2 is 2.29 bits per heavy atom. The lowest BCUT2D eigenvalue weighted by molar-refractivity contribution is -0.126. The number of nitrogens with zero attached hydrogens (tertiary/aromatic N) is 1. The molecule has 0 radical (unpaired) electrons. The Hall–Kier alpha value is -1.82. The van der Waals surface area contributed by atoms with E-state index in [1.165, 1.54) is 5.56 Å². The maximum atomic E-state index is 12.0. The highest BCUT2D eigenvalue weighted by atomic mass is 16.2. The molecule has 0 atom stereocenters. The molecule has 3 nitrogen and oxygen atoms in total. The van der Waals surface area contributed by atoms with Gasteiger partial charge in [-0.1, -0.05) is 19.1 Å². The van der Waals surface area contributed by atoms with E-state index in [2.05, 4.69) is 18.3 Å². The number of anilines is 1. The molecule has 0 heterocycles. The van der Waals surface area contributed by atoms with E-state index in [0.717, 1.165) is 18.5 Å². The van der Waals surface area contributed by atoms with Crippen LogP contribution in [0.5, 0.6) is 0 Å². The molecule has 88 valence electrons. The van der Waals surface area contributed by atoms with Gasteiger partial charge in [0.1, 0.15) is 5.41 Å². The molecule has 1 aliphatic carbocycles. The molecule has 1 aliphatic rings. The van der Waals surface area contributed by atoms with E-state index in [9.17, 15) is 4.79 Å². The highest BCUT2D eigenvalue weighted by Crippen LogP contribution is 2.41. The van der Waals surface area contributed by atoms with Gasteiger partial charge in [-0.3, -0.25) is 4.79 Å². The van der Waals surface area contributed by atoms with Gasteiger partial charge in [0.15, 0.2) is 0 Å². The van der Waals surface area contributed by atoms with Gasteiger partial charge in [0.2, 0.25) is 5.91 Å². The summed E-state index contributed by atoms with van der Waals surface area (Å²) in [6.45, 7) is 2.07. The Labute approximate surface area is 101 Å². The topological polar surface area (TPSA) is 52.9 Å². The van der Waals surface area contributed by atoms with Gasteiger partial charge in [0, 0.05) is 5.69 Å². The summed E-state index contributed by atoms with van der Waals surface area (Å²) in [5.41, 5.74) is 1.20.